The number of nitrogens with one attached hydrogen (secondary N) is 2. The molecule has 0 saturated heterocycles. The molecule has 0 radical (unpaired) electrons. The molecule has 0 unspecified atom stereocenters. The highest BCUT2D eigenvalue weighted by Gasteiger charge is 2.13. The summed E-state index contributed by atoms with van der Waals surface area (Å²) in [5.74, 6) is 0.128. The summed E-state index contributed by atoms with van der Waals surface area (Å²) in [5, 5.41) is 0.536. The standard InChI is InChI=1S/C21H31N5O3/c1-4-14-25(15-5-2)19(28)13-9-12-18(27)23-24-21-22-17-11-8-7-10-16(17)20(29)26(21)6-3/h7-8,10-11H,4-6,9,12-15H2,1-3H3,(H,22,24)(H,23,27). The van der Waals surface area contributed by atoms with Gasteiger partial charge >= 0.3 is 0 Å². The van der Waals surface area contributed by atoms with Gasteiger partial charge in [-0.15, -0.1) is 0 Å². The maximum atomic E-state index is 12.6. The summed E-state index contributed by atoms with van der Waals surface area (Å²) in [7, 11) is 0. The first-order chi connectivity index (χ1) is 14.0. The molecule has 29 heavy (non-hydrogen) atoms. The zero-order valence-electron chi connectivity index (χ0n) is 17.5. The average Bonchev–Trinajstić information content (AvgIpc) is 2.72. The number of hydrogen-bond acceptors (Lipinski definition) is 5. The molecule has 1 aromatic carbocycles. The fraction of sp³-hybridized carbons (Fsp3) is 0.524. The van der Waals surface area contributed by atoms with Crippen molar-refractivity contribution in [2.24, 2.45) is 0 Å². The van der Waals surface area contributed by atoms with E-state index in [9.17, 15) is 14.4 Å². The second-order valence-electron chi connectivity index (χ2n) is 6.91. The molecular weight excluding hydrogens is 370 g/mol. The first-order valence-corrected chi connectivity index (χ1v) is 10.3. The summed E-state index contributed by atoms with van der Waals surface area (Å²) in [6.45, 7) is 7.87. The van der Waals surface area contributed by atoms with E-state index < -0.39 is 0 Å². The minimum atomic E-state index is -0.250. The van der Waals surface area contributed by atoms with E-state index in [1.807, 2.05) is 31.7 Å². The number of hydrazine groups is 1. The van der Waals surface area contributed by atoms with Gasteiger partial charge in [0.25, 0.3) is 5.56 Å². The van der Waals surface area contributed by atoms with Crippen molar-refractivity contribution in [3.05, 3.63) is 34.6 Å². The van der Waals surface area contributed by atoms with Crippen molar-refractivity contribution in [2.75, 3.05) is 18.5 Å². The largest absolute Gasteiger partial charge is 0.343 e. The molecule has 2 rings (SSSR count). The molecule has 8 nitrogen and oxygen atoms in total. The summed E-state index contributed by atoms with van der Waals surface area (Å²) in [6.07, 6.45) is 2.89. The van der Waals surface area contributed by atoms with Crippen LogP contribution in [0.3, 0.4) is 0 Å². The van der Waals surface area contributed by atoms with Crippen LogP contribution in [0.5, 0.6) is 0 Å². The quantitative estimate of drug-likeness (QED) is 0.564. The van der Waals surface area contributed by atoms with Gasteiger partial charge in [0.05, 0.1) is 10.9 Å². The molecule has 0 aliphatic carbocycles. The number of nitrogens with zero attached hydrogens (tertiary/aromatic N) is 3. The lowest BCUT2D eigenvalue weighted by molar-refractivity contribution is -0.131. The molecule has 8 heteroatoms. The molecule has 0 aliphatic rings. The summed E-state index contributed by atoms with van der Waals surface area (Å²) < 4.78 is 1.47. The summed E-state index contributed by atoms with van der Waals surface area (Å²) in [5.41, 5.74) is 5.74. The zero-order chi connectivity index (χ0) is 21.2. The third-order valence-corrected chi connectivity index (χ3v) is 4.63. The van der Waals surface area contributed by atoms with Crippen LogP contribution in [0.25, 0.3) is 10.9 Å². The van der Waals surface area contributed by atoms with Gasteiger partial charge in [-0.3, -0.25) is 29.8 Å². The minimum absolute atomic E-state index is 0.0884. The maximum Gasteiger partial charge on any atom is 0.262 e. The van der Waals surface area contributed by atoms with E-state index in [4.69, 9.17) is 0 Å². The van der Waals surface area contributed by atoms with Crippen LogP contribution >= 0.6 is 0 Å². The van der Waals surface area contributed by atoms with Crippen molar-refractivity contribution < 1.29 is 9.59 Å². The predicted octanol–water partition coefficient (Wildman–Crippen LogP) is 2.68. The molecule has 2 amide bonds. The fourth-order valence-corrected chi connectivity index (χ4v) is 3.20. The zero-order valence-corrected chi connectivity index (χ0v) is 17.5. The number of fused-ring (bicyclic) bond motifs is 1. The Balaban J connectivity index is 1.91. The van der Waals surface area contributed by atoms with Gasteiger partial charge in [0.15, 0.2) is 0 Å². The van der Waals surface area contributed by atoms with Gasteiger partial charge in [-0.1, -0.05) is 26.0 Å². The smallest absolute Gasteiger partial charge is 0.262 e. The molecule has 0 atom stereocenters. The molecule has 0 spiro atoms. The highest BCUT2D eigenvalue weighted by Crippen LogP contribution is 2.10. The SMILES string of the molecule is CCCN(CCC)C(=O)CCCC(=O)NNc1nc2ccccc2c(=O)n1CC. The number of rotatable bonds is 11. The van der Waals surface area contributed by atoms with Crippen molar-refractivity contribution in [1.82, 2.24) is 19.9 Å². The Morgan fingerprint density at radius 3 is 2.41 bits per heavy atom. The summed E-state index contributed by atoms with van der Waals surface area (Å²) in [6, 6.07) is 7.10. The lowest BCUT2D eigenvalue weighted by Crippen LogP contribution is -2.35. The van der Waals surface area contributed by atoms with Gasteiger partial charge in [-0.2, -0.15) is 0 Å². The Morgan fingerprint density at radius 1 is 1.07 bits per heavy atom. The van der Waals surface area contributed by atoms with Crippen molar-refractivity contribution in [1.29, 1.82) is 0 Å². The molecule has 2 aromatic rings. The van der Waals surface area contributed by atoms with Crippen LogP contribution in [0.2, 0.25) is 0 Å². The predicted molar refractivity (Wildman–Crippen MR) is 114 cm³/mol. The number of carbonyl (C=O) groups is 2. The van der Waals surface area contributed by atoms with Crippen LogP contribution in [0.1, 0.15) is 52.9 Å². The van der Waals surface area contributed by atoms with Crippen molar-refractivity contribution in [3.63, 3.8) is 0 Å². The molecular formula is C21H31N5O3. The number of amides is 2. The number of anilines is 1. The van der Waals surface area contributed by atoms with E-state index in [-0.39, 0.29) is 29.7 Å². The lowest BCUT2D eigenvalue weighted by Gasteiger charge is -2.21. The van der Waals surface area contributed by atoms with Crippen molar-refractivity contribution in [3.8, 4) is 0 Å². The molecule has 2 N–H and O–H groups in total. The summed E-state index contributed by atoms with van der Waals surface area (Å²) >= 11 is 0. The number of carbonyl (C=O) groups excluding carboxylic acids is 2. The van der Waals surface area contributed by atoms with Gasteiger partial charge < -0.3 is 4.90 Å². The van der Waals surface area contributed by atoms with Gasteiger partial charge in [0, 0.05) is 32.5 Å². The Kier molecular flexibility index (Phi) is 8.64. The molecule has 0 saturated carbocycles. The first kappa shape index (κ1) is 22.4. The normalized spacial score (nSPS) is 10.7. The van der Waals surface area contributed by atoms with Crippen LogP contribution in [0.15, 0.2) is 29.1 Å². The average molecular weight is 402 g/mol. The topological polar surface area (TPSA) is 96.3 Å². The summed E-state index contributed by atoms with van der Waals surface area (Å²) in [4.78, 5) is 43.3. The highest BCUT2D eigenvalue weighted by molar-refractivity contribution is 5.81. The van der Waals surface area contributed by atoms with Gasteiger partial charge in [0.2, 0.25) is 17.8 Å². The van der Waals surface area contributed by atoms with Crippen LogP contribution in [0.4, 0.5) is 5.95 Å². The van der Waals surface area contributed by atoms with Crippen molar-refractivity contribution in [2.45, 2.75) is 59.4 Å². The van der Waals surface area contributed by atoms with Gasteiger partial charge in [-0.25, -0.2) is 4.98 Å². The lowest BCUT2D eigenvalue weighted by atomic mass is 10.2. The molecule has 0 aliphatic heterocycles. The van der Waals surface area contributed by atoms with Crippen LogP contribution in [0, 0.1) is 0 Å². The minimum Gasteiger partial charge on any atom is -0.343 e. The third-order valence-electron chi connectivity index (χ3n) is 4.63. The van der Waals surface area contributed by atoms with Crippen LogP contribution < -0.4 is 16.4 Å². The van der Waals surface area contributed by atoms with E-state index in [0.717, 1.165) is 25.9 Å². The fourth-order valence-electron chi connectivity index (χ4n) is 3.20. The Morgan fingerprint density at radius 2 is 1.76 bits per heavy atom. The molecule has 0 fully saturated rings. The van der Waals surface area contributed by atoms with Crippen molar-refractivity contribution >= 4 is 28.7 Å². The first-order valence-electron chi connectivity index (χ1n) is 10.3. The number of benzene rings is 1. The Labute approximate surface area is 171 Å². The van der Waals surface area contributed by atoms with E-state index in [1.54, 1.807) is 18.2 Å². The molecule has 1 heterocycles. The van der Waals surface area contributed by atoms with Gasteiger partial charge in [-0.05, 0) is 38.3 Å². The van der Waals surface area contributed by atoms with Crippen LogP contribution in [-0.4, -0.2) is 39.4 Å². The van der Waals surface area contributed by atoms with Crippen LogP contribution in [-0.2, 0) is 16.1 Å². The maximum absolute atomic E-state index is 12.6. The molecule has 0 bridgehead atoms. The number of hydrogen-bond donors (Lipinski definition) is 2. The number of para-hydroxylation sites is 1. The van der Waals surface area contributed by atoms with E-state index in [0.29, 0.717) is 30.3 Å². The van der Waals surface area contributed by atoms with E-state index in [1.165, 1.54) is 4.57 Å². The second kappa shape index (κ2) is 11.2. The molecule has 1 aromatic heterocycles. The van der Waals surface area contributed by atoms with E-state index in [2.05, 4.69) is 15.8 Å². The molecule has 158 valence electrons. The third kappa shape index (κ3) is 6.04. The van der Waals surface area contributed by atoms with Gasteiger partial charge in [0.1, 0.15) is 0 Å². The Bertz CT molecular complexity index is 888. The monoisotopic (exact) mass is 401 g/mol. The highest BCUT2D eigenvalue weighted by atomic mass is 16.2. The Hall–Kier alpha value is -2.90. The number of aromatic nitrogens is 2. The second-order valence-corrected chi connectivity index (χ2v) is 6.91. The van der Waals surface area contributed by atoms with E-state index >= 15 is 0 Å².